The molecule has 0 bridgehead atoms. The molecule has 2 aliphatic rings. The lowest BCUT2D eigenvalue weighted by Crippen LogP contribution is -2.50. The van der Waals surface area contributed by atoms with Crippen molar-refractivity contribution in [2.75, 3.05) is 0 Å². The highest BCUT2D eigenvalue weighted by Gasteiger charge is 2.36. The molecule has 1 aromatic rings. The van der Waals surface area contributed by atoms with Gasteiger partial charge in [0.25, 0.3) is 10.0 Å². The van der Waals surface area contributed by atoms with Crippen LogP contribution in [0.3, 0.4) is 0 Å². The molecular weight excluding hydrogens is 280 g/mol. The Morgan fingerprint density at radius 2 is 2.16 bits per heavy atom. The Bertz CT molecular complexity index is 557. The van der Waals surface area contributed by atoms with Gasteiger partial charge in [0.2, 0.25) is 0 Å². The number of nitrogens with one attached hydrogen (secondary N) is 2. The van der Waals surface area contributed by atoms with Crippen LogP contribution in [-0.2, 0) is 16.6 Å². The van der Waals surface area contributed by atoms with Gasteiger partial charge in [-0.1, -0.05) is 0 Å². The van der Waals surface area contributed by atoms with E-state index in [2.05, 4.69) is 10.0 Å². The Morgan fingerprint density at radius 3 is 2.74 bits per heavy atom. The summed E-state index contributed by atoms with van der Waals surface area (Å²) in [6.45, 7) is 2.76. The lowest BCUT2D eigenvalue weighted by molar-refractivity contribution is 0.248. The van der Waals surface area contributed by atoms with Crippen molar-refractivity contribution >= 4 is 21.4 Å². The van der Waals surface area contributed by atoms with Gasteiger partial charge >= 0.3 is 0 Å². The number of hydrogen-bond acceptors (Lipinski definition) is 4. The van der Waals surface area contributed by atoms with Crippen molar-refractivity contribution in [1.82, 2.24) is 10.0 Å². The Morgan fingerprint density at radius 1 is 1.42 bits per heavy atom. The van der Waals surface area contributed by atoms with Crippen LogP contribution >= 0.6 is 11.3 Å². The molecule has 0 radical (unpaired) electrons. The Labute approximate surface area is 118 Å². The molecule has 6 heteroatoms. The topological polar surface area (TPSA) is 58.2 Å². The molecule has 4 nitrogen and oxygen atoms in total. The largest absolute Gasteiger partial charge is 0.310 e. The van der Waals surface area contributed by atoms with Crippen LogP contribution in [-0.4, -0.2) is 20.0 Å². The van der Waals surface area contributed by atoms with Crippen molar-refractivity contribution in [1.29, 1.82) is 0 Å². The van der Waals surface area contributed by atoms with Crippen LogP contribution in [0.25, 0.3) is 0 Å². The highest BCUT2D eigenvalue weighted by Crippen LogP contribution is 2.33. The molecule has 0 aromatic carbocycles. The van der Waals surface area contributed by atoms with Gasteiger partial charge < -0.3 is 5.32 Å². The SMILES string of the molecule is CC1(NS(=O)(=O)c2cc(CNC3CC3)cs2)CCC1. The fourth-order valence-corrected chi connectivity index (χ4v) is 4.99. The summed E-state index contributed by atoms with van der Waals surface area (Å²) in [5, 5.41) is 5.34. The van der Waals surface area contributed by atoms with Gasteiger partial charge in [-0.05, 0) is 56.0 Å². The average Bonchev–Trinajstić information content (AvgIpc) is 3.00. The van der Waals surface area contributed by atoms with Gasteiger partial charge in [0.15, 0.2) is 0 Å². The molecule has 19 heavy (non-hydrogen) atoms. The molecule has 3 rings (SSSR count). The molecule has 1 heterocycles. The molecule has 2 N–H and O–H groups in total. The molecule has 0 amide bonds. The standard InChI is InChI=1S/C13H20N2O2S2/c1-13(5-2-6-13)15-19(16,17)12-7-10(9-18-12)8-14-11-3-4-11/h7,9,11,14-15H,2-6,8H2,1H3. The molecule has 2 aliphatic carbocycles. The second-order valence-corrected chi connectivity index (χ2v) is 8.77. The van der Waals surface area contributed by atoms with Crippen molar-refractivity contribution in [2.45, 2.75) is 61.4 Å². The first-order chi connectivity index (χ1) is 8.97. The summed E-state index contributed by atoms with van der Waals surface area (Å²) < 4.78 is 27.8. The van der Waals surface area contributed by atoms with E-state index in [4.69, 9.17) is 0 Å². The summed E-state index contributed by atoms with van der Waals surface area (Å²) in [7, 11) is -3.34. The van der Waals surface area contributed by atoms with E-state index < -0.39 is 10.0 Å². The fraction of sp³-hybridized carbons (Fsp3) is 0.692. The first kappa shape index (κ1) is 13.5. The van der Waals surface area contributed by atoms with Crippen molar-refractivity contribution in [3.8, 4) is 0 Å². The third-order valence-corrected chi connectivity index (χ3v) is 7.03. The van der Waals surface area contributed by atoms with Gasteiger partial charge in [-0.3, -0.25) is 0 Å². The predicted molar refractivity (Wildman–Crippen MR) is 76.8 cm³/mol. The van der Waals surface area contributed by atoms with Crippen LogP contribution in [0, 0.1) is 0 Å². The van der Waals surface area contributed by atoms with Crippen LogP contribution in [0.1, 0.15) is 44.6 Å². The van der Waals surface area contributed by atoms with Crippen LogP contribution in [0.5, 0.6) is 0 Å². The minimum Gasteiger partial charge on any atom is -0.310 e. The molecular formula is C13H20N2O2S2. The maximum atomic E-state index is 12.3. The molecule has 0 saturated heterocycles. The van der Waals surface area contributed by atoms with Crippen molar-refractivity contribution in [3.05, 3.63) is 17.0 Å². The third-order valence-electron chi connectivity index (χ3n) is 3.90. The normalized spacial score (nSPS) is 22.2. The maximum Gasteiger partial charge on any atom is 0.250 e. The summed E-state index contributed by atoms with van der Waals surface area (Å²) >= 11 is 1.31. The van der Waals surface area contributed by atoms with Crippen LogP contribution in [0.2, 0.25) is 0 Å². The van der Waals surface area contributed by atoms with E-state index in [0.717, 1.165) is 31.4 Å². The minimum atomic E-state index is -3.34. The summed E-state index contributed by atoms with van der Waals surface area (Å²) in [5.74, 6) is 0. The number of hydrogen-bond donors (Lipinski definition) is 2. The lowest BCUT2D eigenvalue weighted by atomic mass is 9.80. The van der Waals surface area contributed by atoms with E-state index in [0.29, 0.717) is 10.3 Å². The molecule has 0 aliphatic heterocycles. The highest BCUT2D eigenvalue weighted by atomic mass is 32.2. The van der Waals surface area contributed by atoms with E-state index in [1.807, 2.05) is 12.3 Å². The lowest BCUT2D eigenvalue weighted by Gasteiger charge is -2.38. The Balaban J connectivity index is 1.66. The number of sulfonamides is 1. The second kappa shape index (κ2) is 4.84. The van der Waals surface area contributed by atoms with Crippen LogP contribution in [0.15, 0.2) is 15.7 Å². The molecule has 2 saturated carbocycles. The molecule has 0 unspecified atom stereocenters. The molecule has 2 fully saturated rings. The van der Waals surface area contributed by atoms with Crippen LogP contribution in [0.4, 0.5) is 0 Å². The van der Waals surface area contributed by atoms with E-state index in [1.165, 1.54) is 24.2 Å². The first-order valence-electron chi connectivity index (χ1n) is 6.82. The highest BCUT2D eigenvalue weighted by molar-refractivity contribution is 7.91. The van der Waals surface area contributed by atoms with Crippen molar-refractivity contribution in [2.24, 2.45) is 0 Å². The van der Waals surface area contributed by atoms with Gasteiger partial charge in [0, 0.05) is 18.1 Å². The summed E-state index contributed by atoms with van der Waals surface area (Å²) in [5.41, 5.74) is 0.839. The quantitative estimate of drug-likeness (QED) is 0.847. The van der Waals surface area contributed by atoms with E-state index in [-0.39, 0.29) is 5.54 Å². The zero-order valence-corrected chi connectivity index (χ0v) is 12.7. The minimum absolute atomic E-state index is 0.227. The number of rotatable bonds is 6. The van der Waals surface area contributed by atoms with Gasteiger partial charge in [-0.2, -0.15) is 0 Å². The fourth-order valence-electron chi connectivity index (χ4n) is 2.32. The summed E-state index contributed by atoms with van der Waals surface area (Å²) in [6, 6.07) is 2.44. The van der Waals surface area contributed by atoms with Gasteiger partial charge in [-0.15, -0.1) is 11.3 Å². The van der Waals surface area contributed by atoms with Crippen molar-refractivity contribution < 1.29 is 8.42 Å². The van der Waals surface area contributed by atoms with E-state index in [1.54, 1.807) is 6.07 Å². The summed E-state index contributed by atoms with van der Waals surface area (Å²) in [4.78, 5) is 0. The van der Waals surface area contributed by atoms with Gasteiger partial charge in [0.1, 0.15) is 4.21 Å². The molecule has 0 spiro atoms. The van der Waals surface area contributed by atoms with Gasteiger partial charge in [0.05, 0.1) is 0 Å². The average molecular weight is 300 g/mol. The number of thiophene rings is 1. The van der Waals surface area contributed by atoms with E-state index in [9.17, 15) is 8.42 Å². The molecule has 1 aromatic heterocycles. The molecule has 106 valence electrons. The smallest absolute Gasteiger partial charge is 0.250 e. The maximum absolute atomic E-state index is 12.3. The molecule has 0 atom stereocenters. The zero-order valence-electron chi connectivity index (χ0n) is 11.1. The third kappa shape index (κ3) is 3.18. The summed E-state index contributed by atoms with van der Waals surface area (Å²) in [6.07, 6.45) is 5.48. The second-order valence-electron chi connectivity index (χ2n) is 5.95. The zero-order chi connectivity index (χ0) is 13.5. The first-order valence-corrected chi connectivity index (χ1v) is 9.18. The predicted octanol–water partition coefficient (Wildman–Crippen LogP) is 2.22. The Kier molecular flexibility index (Phi) is 3.45. The van der Waals surface area contributed by atoms with Crippen LogP contribution < -0.4 is 10.0 Å². The van der Waals surface area contributed by atoms with Crippen molar-refractivity contribution in [3.63, 3.8) is 0 Å². The monoisotopic (exact) mass is 300 g/mol. The Hall–Kier alpha value is -0.430. The van der Waals surface area contributed by atoms with E-state index >= 15 is 0 Å². The van der Waals surface area contributed by atoms with Gasteiger partial charge in [-0.25, -0.2) is 13.1 Å².